The summed E-state index contributed by atoms with van der Waals surface area (Å²) >= 11 is 0. The molecular weight excluding hydrogens is 420 g/mol. The summed E-state index contributed by atoms with van der Waals surface area (Å²) in [6.07, 6.45) is 0. The van der Waals surface area contributed by atoms with Crippen LogP contribution in [0.15, 0.2) is 36.4 Å². The molecule has 0 amide bonds. The number of fused-ring (bicyclic) bond motifs is 1. The van der Waals surface area contributed by atoms with Crippen LogP contribution < -0.4 is 18.9 Å². The van der Waals surface area contributed by atoms with Crippen molar-refractivity contribution in [1.82, 2.24) is 0 Å². The second kappa shape index (κ2) is 8.77. The molecule has 174 valence electrons. The van der Waals surface area contributed by atoms with E-state index >= 15 is 0 Å². The van der Waals surface area contributed by atoms with Crippen LogP contribution in [0.1, 0.15) is 45.2 Å². The summed E-state index contributed by atoms with van der Waals surface area (Å²) in [5.74, 6) is 2.30. The predicted molar refractivity (Wildman–Crippen MR) is 127 cm³/mol. The minimum absolute atomic E-state index is 0.0330. The van der Waals surface area contributed by atoms with Gasteiger partial charge in [-0.3, -0.25) is 0 Å². The van der Waals surface area contributed by atoms with Crippen molar-refractivity contribution in [2.24, 2.45) is 0 Å². The highest BCUT2D eigenvalue weighted by atomic mass is 16.5. The summed E-state index contributed by atoms with van der Waals surface area (Å²) in [5.41, 5.74) is 5.87. The predicted octanol–water partition coefficient (Wildman–Crippen LogP) is 5.36. The fraction of sp³-hybridized carbons (Fsp3) is 0.333. The Bertz CT molecular complexity index is 1150. The summed E-state index contributed by atoms with van der Waals surface area (Å²) in [7, 11) is 4.72. The van der Waals surface area contributed by atoms with Crippen molar-refractivity contribution in [2.45, 2.75) is 32.6 Å². The van der Waals surface area contributed by atoms with Crippen LogP contribution in [-0.2, 0) is 0 Å². The number of hydrogen-bond donors (Lipinski definition) is 2. The van der Waals surface area contributed by atoms with Gasteiger partial charge in [-0.25, -0.2) is 0 Å². The van der Waals surface area contributed by atoms with E-state index in [9.17, 15) is 10.2 Å². The zero-order valence-corrected chi connectivity index (χ0v) is 19.9. The second-order valence-corrected chi connectivity index (χ2v) is 8.49. The van der Waals surface area contributed by atoms with Crippen LogP contribution in [0.3, 0.4) is 0 Å². The van der Waals surface area contributed by atoms with Crippen molar-refractivity contribution < 1.29 is 29.2 Å². The zero-order chi connectivity index (χ0) is 23.9. The third kappa shape index (κ3) is 3.80. The molecule has 1 aliphatic rings. The number of aryl methyl sites for hydroxylation is 2. The maximum absolute atomic E-state index is 10.4. The Morgan fingerprint density at radius 2 is 1.42 bits per heavy atom. The van der Waals surface area contributed by atoms with E-state index in [2.05, 4.69) is 12.1 Å². The quantitative estimate of drug-likeness (QED) is 0.545. The normalized spacial score (nSPS) is 17.2. The molecule has 0 aromatic heterocycles. The van der Waals surface area contributed by atoms with Crippen LogP contribution in [0.4, 0.5) is 0 Å². The van der Waals surface area contributed by atoms with Crippen molar-refractivity contribution in [3.8, 4) is 34.5 Å². The first-order valence-corrected chi connectivity index (χ1v) is 10.9. The number of hydrogen-bond acceptors (Lipinski definition) is 6. The van der Waals surface area contributed by atoms with Gasteiger partial charge in [-0.15, -0.1) is 0 Å². The van der Waals surface area contributed by atoms with Crippen LogP contribution in [0.25, 0.3) is 0 Å². The summed E-state index contributed by atoms with van der Waals surface area (Å²) in [6.45, 7) is 6.34. The number of rotatable bonds is 5. The Morgan fingerprint density at radius 3 is 1.97 bits per heavy atom. The highest BCUT2D eigenvalue weighted by molar-refractivity contribution is 5.59. The van der Waals surface area contributed by atoms with Gasteiger partial charge >= 0.3 is 0 Å². The molecule has 0 bridgehead atoms. The monoisotopic (exact) mass is 450 g/mol. The molecule has 2 unspecified atom stereocenters. The van der Waals surface area contributed by atoms with Gasteiger partial charge in [0.15, 0.2) is 11.5 Å². The lowest BCUT2D eigenvalue weighted by Gasteiger charge is -2.36. The van der Waals surface area contributed by atoms with Crippen LogP contribution in [-0.4, -0.2) is 38.1 Å². The van der Waals surface area contributed by atoms with Crippen LogP contribution in [0, 0.1) is 20.8 Å². The van der Waals surface area contributed by atoms with Crippen LogP contribution in [0.5, 0.6) is 34.5 Å². The molecule has 1 heterocycles. The molecule has 0 saturated carbocycles. The van der Waals surface area contributed by atoms with Gasteiger partial charge in [0, 0.05) is 23.0 Å². The number of benzene rings is 3. The highest BCUT2D eigenvalue weighted by Crippen LogP contribution is 2.51. The molecule has 0 radical (unpaired) electrons. The molecule has 6 heteroatoms. The fourth-order valence-corrected chi connectivity index (χ4v) is 4.94. The van der Waals surface area contributed by atoms with Gasteiger partial charge in [0.1, 0.15) is 17.2 Å². The lowest BCUT2D eigenvalue weighted by atomic mass is 9.74. The van der Waals surface area contributed by atoms with Gasteiger partial charge in [-0.1, -0.05) is 18.2 Å². The van der Waals surface area contributed by atoms with E-state index in [1.807, 2.05) is 39.0 Å². The molecule has 0 aliphatic carbocycles. The van der Waals surface area contributed by atoms with Crippen LogP contribution in [0.2, 0.25) is 0 Å². The first-order valence-electron chi connectivity index (χ1n) is 10.9. The Labute approximate surface area is 194 Å². The summed E-state index contributed by atoms with van der Waals surface area (Å²) in [4.78, 5) is 0. The molecule has 2 atom stereocenters. The van der Waals surface area contributed by atoms with Gasteiger partial charge in [0.05, 0.1) is 27.9 Å². The summed E-state index contributed by atoms with van der Waals surface area (Å²) in [5, 5.41) is 20.7. The lowest BCUT2D eigenvalue weighted by molar-refractivity contribution is 0.244. The van der Waals surface area contributed by atoms with Crippen LogP contribution >= 0.6 is 0 Å². The molecule has 0 saturated heterocycles. The molecule has 1 aliphatic heterocycles. The molecule has 0 spiro atoms. The maximum atomic E-state index is 10.4. The van der Waals surface area contributed by atoms with E-state index in [0.29, 0.717) is 23.9 Å². The first kappa shape index (κ1) is 22.6. The largest absolute Gasteiger partial charge is 0.508 e. The minimum atomic E-state index is -0.0861. The topological polar surface area (TPSA) is 77.4 Å². The van der Waals surface area contributed by atoms with Crippen molar-refractivity contribution >= 4 is 0 Å². The van der Waals surface area contributed by atoms with E-state index in [1.54, 1.807) is 13.2 Å². The fourth-order valence-electron chi connectivity index (χ4n) is 4.94. The molecule has 33 heavy (non-hydrogen) atoms. The number of ether oxygens (including phenoxy) is 4. The average Bonchev–Trinajstić information content (AvgIpc) is 2.80. The Kier molecular flexibility index (Phi) is 6.02. The zero-order valence-electron chi connectivity index (χ0n) is 19.9. The number of methoxy groups -OCH3 is 3. The van der Waals surface area contributed by atoms with E-state index in [4.69, 9.17) is 18.9 Å². The third-order valence-corrected chi connectivity index (χ3v) is 6.53. The molecule has 4 rings (SSSR count). The first-order chi connectivity index (χ1) is 15.8. The minimum Gasteiger partial charge on any atom is -0.508 e. The third-order valence-electron chi connectivity index (χ3n) is 6.53. The van der Waals surface area contributed by atoms with Crippen molar-refractivity contribution in [1.29, 1.82) is 0 Å². The standard InChI is InChI=1S/C27H30O6/c1-14-9-18(10-15(2)26(14)32-6)24-19-7-8-21(28)16(3)27(19)33-13-20(24)17-11-22(30-4)25(29)23(12-17)31-5/h7-12,20,24,28-29H,13H2,1-6H3. The van der Waals surface area contributed by atoms with Gasteiger partial charge in [-0.05, 0) is 61.2 Å². The highest BCUT2D eigenvalue weighted by Gasteiger charge is 2.36. The van der Waals surface area contributed by atoms with Gasteiger partial charge in [0.25, 0.3) is 0 Å². The van der Waals surface area contributed by atoms with E-state index in [0.717, 1.165) is 39.1 Å². The Morgan fingerprint density at radius 1 is 0.818 bits per heavy atom. The maximum Gasteiger partial charge on any atom is 0.200 e. The van der Waals surface area contributed by atoms with Gasteiger partial charge in [-0.2, -0.15) is 0 Å². The van der Waals surface area contributed by atoms with Gasteiger partial charge in [0.2, 0.25) is 5.75 Å². The second-order valence-electron chi connectivity index (χ2n) is 8.49. The molecule has 2 N–H and O–H groups in total. The number of phenols is 2. The van der Waals surface area contributed by atoms with Crippen molar-refractivity contribution in [3.63, 3.8) is 0 Å². The summed E-state index contributed by atoms with van der Waals surface area (Å²) in [6, 6.07) is 11.6. The lowest BCUT2D eigenvalue weighted by Crippen LogP contribution is -2.26. The molecule has 3 aromatic rings. The SMILES string of the molecule is COc1cc(C2COc3c(ccc(O)c3C)C2c2cc(C)c(OC)c(C)c2)cc(OC)c1O. The Balaban J connectivity index is 1.95. The Hall–Kier alpha value is -3.54. The summed E-state index contributed by atoms with van der Waals surface area (Å²) < 4.78 is 22.6. The number of phenolic OH excluding ortho intramolecular Hbond substituents is 2. The molecule has 3 aromatic carbocycles. The van der Waals surface area contributed by atoms with E-state index < -0.39 is 0 Å². The number of aromatic hydroxyl groups is 2. The van der Waals surface area contributed by atoms with E-state index in [1.165, 1.54) is 14.2 Å². The smallest absolute Gasteiger partial charge is 0.200 e. The van der Waals surface area contributed by atoms with E-state index in [-0.39, 0.29) is 23.3 Å². The van der Waals surface area contributed by atoms with Crippen molar-refractivity contribution in [3.05, 3.63) is 69.8 Å². The van der Waals surface area contributed by atoms with Crippen molar-refractivity contribution in [2.75, 3.05) is 27.9 Å². The average molecular weight is 451 g/mol. The molecule has 6 nitrogen and oxygen atoms in total. The van der Waals surface area contributed by atoms with Gasteiger partial charge < -0.3 is 29.2 Å². The molecular formula is C27H30O6. The molecule has 0 fully saturated rings.